The molecule has 0 atom stereocenters. The first-order chi connectivity index (χ1) is 11.8. The number of thioether (sulfide) groups is 1. The van der Waals surface area contributed by atoms with E-state index in [0.717, 1.165) is 25.0 Å². The Morgan fingerprint density at radius 3 is 2.75 bits per heavy atom. The van der Waals surface area contributed by atoms with Crippen LogP contribution in [0.15, 0.2) is 65.3 Å². The highest BCUT2D eigenvalue weighted by molar-refractivity contribution is 8.00. The molecule has 0 aliphatic heterocycles. The van der Waals surface area contributed by atoms with Crippen LogP contribution in [-0.2, 0) is 0 Å². The van der Waals surface area contributed by atoms with Gasteiger partial charge in [0.1, 0.15) is 16.2 Å². The van der Waals surface area contributed by atoms with Crippen LogP contribution in [0, 0.1) is 0 Å². The summed E-state index contributed by atoms with van der Waals surface area (Å²) in [6, 6.07) is 16.1. The van der Waals surface area contributed by atoms with E-state index >= 15 is 0 Å². The van der Waals surface area contributed by atoms with E-state index in [1.54, 1.807) is 17.7 Å². The van der Waals surface area contributed by atoms with Crippen molar-refractivity contribution in [3.8, 4) is 10.4 Å². The molecule has 6 heteroatoms. The van der Waals surface area contributed by atoms with Gasteiger partial charge in [-0.1, -0.05) is 48.2 Å². The van der Waals surface area contributed by atoms with Gasteiger partial charge in [-0.15, -0.1) is 22.7 Å². The molecule has 0 amide bonds. The van der Waals surface area contributed by atoms with Crippen LogP contribution in [0.5, 0.6) is 0 Å². The first kappa shape index (κ1) is 15.5. The second-order valence-corrected chi connectivity index (χ2v) is 8.01. The highest BCUT2D eigenvalue weighted by Crippen LogP contribution is 2.36. The van der Waals surface area contributed by atoms with Crippen molar-refractivity contribution in [3.05, 3.63) is 65.1 Å². The lowest BCUT2D eigenvalue weighted by Gasteiger charge is -2.00. The fourth-order valence-electron chi connectivity index (χ4n) is 2.34. The SMILES string of the molecule is O=C(CSc1ncnc2sc(-c3ccccc3)cc12)c1cccs1. The summed E-state index contributed by atoms with van der Waals surface area (Å²) in [5.41, 5.74) is 1.17. The molecule has 0 saturated carbocycles. The molecule has 3 aromatic heterocycles. The monoisotopic (exact) mass is 368 g/mol. The minimum absolute atomic E-state index is 0.139. The number of nitrogens with zero attached hydrogens (tertiary/aromatic N) is 2. The maximum atomic E-state index is 12.2. The van der Waals surface area contributed by atoms with Crippen LogP contribution < -0.4 is 0 Å². The van der Waals surface area contributed by atoms with Crippen molar-refractivity contribution < 1.29 is 4.79 Å². The summed E-state index contributed by atoms with van der Waals surface area (Å²) in [7, 11) is 0. The van der Waals surface area contributed by atoms with Crippen LogP contribution >= 0.6 is 34.4 Å². The third-order valence-electron chi connectivity index (χ3n) is 3.49. The third kappa shape index (κ3) is 3.13. The first-order valence-electron chi connectivity index (χ1n) is 7.31. The molecule has 118 valence electrons. The van der Waals surface area contributed by atoms with E-state index in [1.807, 2.05) is 35.7 Å². The zero-order valence-electron chi connectivity index (χ0n) is 12.5. The van der Waals surface area contributed by atoms with E-state index < -0.39 is 0 Å². The second-order valence-electron chi connectivity index (χ2n) is 5.06. The van der Waals surface area contributed by atoms with Crippen molar-refractivity contribution in [2.24, 2.45) is 0 Å². The van der Waals surface area contributed by atoms with Crippen LogP contribution in [0.25, 0.3) is 20.7 Å². The number of rotatable bonds is 5. The number of ketones is 1. The molecular weight excluding hydrogens is 356 g/mol. The normalized spacial score (nSPS) is 11.0. The highest BCUT2D eigenvalue weighted by atomic mass is 32.2. The molecule has 1 aromatic carbocycles. The van der Waals surface area contributed by atoms with E-state index in [0.29, 0.717) is 5.75 Å². The van der Waals surface area contributed by atoms with Crippen molar-refractivity contribution in [1.29, 1.82) is 0 Å². The Kier molecular flexibility index (Phi) is 4.42. The Labute approximate surface area is 151 Å². The average molecular weight is 369 g/mol. The molecule has 4 aromatic rings. The minimum atomic E-state index is 0.139. The number of Topliss-reactive ketones (excluding diaryl/α,β-unsaturated/α-hetero) is 1. The van der Waals surface area contributed by atoms with Gasteiger partial charge in [-0.05, 0) is 23.1 Å². The fraction of sp³-hybridized carbons (Fsp3) is 0.0556. The van der Waals surface area contributed by atoms with Gasteiger partial charge in [0.05, 0.1) is 10.6 Å². The van der Waals surface area contributed by atoms with Crippen molar-refractivity contribution in [1.82, 2.24) is 9.97 Å². The highest BCUT2D eigenvalue weighted by Gasteiger charge is 2.13. The van der Waals surface area contributed by atoms with Gasteiger partial charge in [0.15, 0.2) is 5.78 Å². The summed E-state index contributed by atoms with van der Waals surface area (Å²) in [6.45, 7) is 0. The molecule has 0 bridgehead atoms. The topological polar surface area (TPSA) is 42.9 Å². The number of carbonyl (C=O) groups excluding carboxylic acids is 1. The molecule has 4 rings (SSSR count). The molecule has 0 aliphatic carbocycles. The molecule has 0 spiro atoms. The van der Waals surface area contributed by atoms with Gasteiger partial charge in [-0.2, -0.15) is 0 Å². The molecular formula is C18H12N2OS3. The molecule has 0 N–H and O–H groups in total. The van der Waals surface area contributed by atoms with E-state index in [-0.39, 0.29) is 5.78 Å². The molecule has 0 aliphatic rings. The summed E-state index contributed by atoms with van der Waals surface area (Å²) in [5.74, 6) is 0.531. The van der Waals surface area contributed by atoms with E-state index in [1.165, 1.54) is 28.7 Å². The minimum Gasteiger partial charge on any atom is -0.292 e. The Morgan fingerprint density at radius 1 is 1.08 bits per heavy atom. The first-order valence-corrected chi connectivity index (χ1v) is 9.99. The van der Waals surface area contributed by atoms with Gasteiger partial charge in [-0.25, -0.2) is 9.97 Å². The smallest absolute Gasteiger partial charge is 0.183 e. The number of carbonyl (C=O) groups is 1. The van der Waals surface area contributed by atoms with Crippen LogP contribution in [0.2, 0.25) is 0 Å². The van der Waals surface area contributed by atoms with E-state index in [9.17, 15) is 4.79 Å². The van der Waals surface area contributed by atoms with Gasteiger partial charge < -0.3 is 0 Å². The molecule has 3 nitrogen and oxygen atoms in total. The van der Waals surface area contributed by atoms with Crippen molar-refractivity contribution in [3.63, 3.8) is 0 Å². The Balaban J connectivity index is 1.62. The fourth-order valence-corrected chi connectivity index (χ4v) is 5.02. The number of thiophene rings is 2. The summed E-state index contributed by atoms with van der Waals surface area (Å²) in [4.78, 5) is 23.9. The summed E-state index contributed by atoms with van der Waals surface area (Å²) >= 11 is 4.60. The van der Waals surface area contributed by atoms with Crippen LogP contribution in [-0.4, -0.2) is 21.5 Å². The number of aromatic nitrogens is 2. The lowest BCUT2D eigenvalue weighted by molar-refractivity contribution is 0.102. The Hall–Kier alpha value is -2.02. The molecule has 0 radical (unpaired) electrons. The maximum Gasteiger partial charge on any atom is 0.183 e. The average Bonchev–Trinajstić information content (AvgIpc) is 3.30. The van der Waals surface area contributed by atoms with Crippen molar-refractivity contribution in [2.45, 2.75) is 5.03 Å². The zero-order chi connectivity index (χ0) is 16.4. The lowest BCUT2D eigenvalue weighted by Crippen LogP contribution is -1.99. The standard InChI is InChI=1S/C18H12N2OS3/c21-14(15-7-4-8-22-15)10-23-17-13-9-16(12-5-2-1-3-6-12)24-18(13)20-11-19-17/h1-9,11H,10H2. The summed E-state index contributed by atoms with van der Waals surface area (Å²) < 4.78 is 0. The van der Waals surface area contributed by atoms with E-state index in [4.69, 9.17) is 0 Å². The van der Waals surface area contributed by atoms with Gasteiger partial charge in [0, 0.05) is 10.3 Å². The van der Waals surface area contributed by atoms with Crippen LogP contribution in [0.4, 0.5) is 0 Å². The summed E-state index contributed by atoms with van der Waals surface area (Å²) in [6.07, 6.45) is 1.57. The number of hydrogen-bond acceptors (Lipinski definition) is 6. The quantitative estimate of drug-likeness (QED) is 0.269. The second kappa shape index (κ2) is 6.84. The van der Waals surface area contributed by atoms with Gasteiger partial charge in [0.2, 0.25) is 0 Å². The molecule has 0 saturated heterocycles. The molecule has 0 fully saturated rings. The molecule has 24 heavy (non-hydrogen) atoms. The number of benzene rings is 1. The predicted molar refractivity (Wildman–Crippen MR) is 102 cm³/mol. The zero-order valence-corrected chi connectivity index (χ0v) is 15.0. The van der Waals surface area contributed by atoms with Crippen LogP contribution in [0.3, 0.4) is 0 Å². The predicted octanol–water partition coefficient (Wildman–Crippen LogP) is 5.39. The van der Waals surface area contributed by atoms with E-state index in [2.05, 4.69) is 28.2 Å². The Morgan fingerprint density at radius 2 is 1.96 bits per heavy atom. The number of hydrogen-bond donors (Lipinski definition) is 0. The van der Waals surface area contributed by atoms with Gasteiger partial charge in [-0.3, -0.25) is 4.79 Å². The molecule has 3 heterocycles. The largest absolute Gasteiger partial charge is 0.292 e. The molecule has 0 unspecified atom stereocenters. The number of fused-ring (bicyclic) bond motifs is 1. The van der Waals surface area contributed by atoms with Gasteiger partial charge in [0.25, 0.3) is 0 Å². The lowest BCUT2D eigenvalue weighted by atomic mass is 10.2. The van der Waals surface area contributed by atoms with Gasteiger partial charge >= 0.3 is 0 Å². The van der Waals surface area contributed by atoms with Crippen molar-refractivity contribution in [2.75, 3.05) is 5.75 Å². The Bertz CT molecular complexity index is 978. The van der Waals surface area contributed by atoms with Crippen LogP contribution in [0.1, 0.15) is 9.67 Å². The third-order valence-corrected chi connectivity index (χ3v) is 6.50. The summed E-state index contributed by atoms with van der Waals surface area (Å²) in [5, 5.41) is 3.81. The maximum absolute atomic E-state index is 12.2. The van der Waals surface area contributed by atoms with Crippen molar-refractivity contribution >= 4 is 50.4 Å².